The van der Waals surface area contributed by atoms with E-state index in [1.54, 1.807) is 12.1 Å². The van der Waals surface area contributed by atoms with E-state index in [2.05, 4.69) is 29.6 Å². The molecule has 26 heavy (non-hydrogen) atoms. The van der Waals surface area contributed by atoms with Crippen LogP contribution < -0.4 is 5.32 Å². The van der Waals surface area contributed by atoms with Gasteiger partial charge in [-0.05, 0) is 42.3 Å². The van der Waals surface area contributed by atoms with Gasteiger partial charge in [-0.3, -0.25) is 4.79 Å². The van der Waals surface area contributed by atoms with Gasteiger partial charge in [-0.2, -0.15) is 0 Å². The standard InChI is InChI=1S/C22H20N2O2/c1-15-6-8-16(9-7-15)14-24-21(17-10-12-18(25)13-11-17)23-20-5-3-2-4-19(20)22(24)26/h2-13,21,23,25H,14H2,1H3/t21-/m0/s1. The van der Waals surface area contributed by atoms with Crippen molar-refractivity contribution in [2.24, 2.45) is 0 Å². The Kier molecular flexibility index (Phi) is 4.09. The zero-order chi connectivity index (χ0) is 18.1. The van der Waals surface area contributed by atoms with Gasteiger partial charge in [-0.15, -0.1) is 0 Å². The van der Waals surface area contributed by atoms with Crippen molar-refractivity contribution in [2.75, 3.05) is 5.32 Å². The molecule has 1 amide bonds. The van der Waals surface area contributed by atoms with E-state index in [9.17, 15) is 9.90 Å². The molecule has 1 atom stereocenters. The van der Waals surface area contributed by atoms with Gasteiger partial charge in [0.2, 0.25) is 0 Å². The first-order valence-corrected chi connectivity index (χ1v) is 8.63. The Morgan fingerprint density at radius 1 is 0.962 bits per heavy atom. The number of carbonyl (C=O) groups excluding carboxylic acids is 1. The Hall–Kier alpha value is -3.27. The zero-order valence-electron chi connectivity index (χ0n) is 14.5. The molecule has 2 N–H and O–H groups in total. The highest BCUT2D eigenvalue weighted by molar-refractivity contribution is 6.01. The second kappa shape index (κ2) is 6.56. The zero-order valence-corrected chi connectivity index (χ0v) is 14.5. The fourth-order valence-corrected chi connectivity index (χ4v) is 3.27. The number of phenolic OH excluding ortho intramolecular Hbond substituents is 1. The number of carbonyl (C=O) groups is 1. The van der Waals surface area contributed by atoms with E-state index in [4.69, 9.17) is 0 Å². The fourth-order valence-electron chi connectivity index (χ4n) is 3.27. The van der Waals surface area contributed by atoms with E-state index < -0.39 is 0 Å². The predicted octanol–water partition coefficient (Wildman–Crippen LogP) is 4.47. The molecule has 1 heterocycles. The molecule has 0 spiro atoms. The van der Waals surface area contributed by atoms with Crippen molar-refractivity contribution in [1.82, 2.24) is 4.90 Å². The van der Waals surface area contributed by atoms with E-state index >= 15 is 0 Å². The van der Waals surface area contributed by atoms with Crippen LogP contribution in [-0.4, -0.2) is 15.9 Å². The molecule has 1 aliphatic rings. The number of aryl methyl sites for hydroxylation is 1. The third-order valence-electron chi connectivity index (χ3n) is 4.70. The lowest BCUT2D eigenvalue weighted by Gasteiger charge is -2.38. The molecular formula is C22H20N2O2. The lowest BCUT2D eigenvalue weighted by Crippen LogP contribution is -2.42. The summed E-state index contributed by atoms with van der Waals surface area (Å²) in [6.07, 6.45) is -0.292. The highest BCUT2D eigenvalue weighted by Gasteiger charge is 2.32. The van der Waals surface area contributed by atoms with Crippen LogP contribution >= 0.6 is 0 Å². The van der Waals surface area contributed by atoms with E-state index in [1.165, 1.54) is 5.56 Å². The summed E-state index contributed by atoms with van der Waals surface area (Å²) < 4.78 is 0. The Bertz CT molecular complexity index is 933. The number of amides is 1. The van der Waals surface area contributed by atoms with Gasteiger partial charge in [0, 0.05) is 12.2 Å². The molecule has 0 saturated carbocycles. The molecule has 0 aromatic heterocycles. The third-order valence-corrected chi connectivity index (χ3v) is 4.70. The average Bonchev–Trinajstić information content (AvgIpc) is 2.66. The van der Waals surface area contributed by atoms with Crippen molar-refractivity contribution in [3.8, 4) is 5.75 Å². The van der Waals surface area contributed by atoms with Gasteiger partial charge in [0.1, 0.15) is 11.9 Å². The summed E-state index contributed by atoms with van der Waals surface area (Å²) in [4.78, 5) is 15.0. The molecule has 0 aliphatic carbocycles. The van der Waals surface area contributed by atoms with Crippen LogP contribution in [0.2, 0.25) is 0 Å². The monoisotopic (exact) mass is 344 g/mol. The molecule has 0 fully saturated rings. The second-order valence-electron chi connectivity index (χ2n) is 6.60. The summed E-state index contributed by atoms with van der Waals surface area (Å²) >= 11 is 0. The quantitative estimate of drug-likeness (QED) is 0.737. The van der Waals surface area contributed by atoms with Gasteiger partial charge in [-0.1, -0.05) is 54.1 Å². The molecule has 0 saturated heterocycles. The number of aromatic hydroxyl groups is 1. The van der Waals surface area contributed by atoms with Gasteiger partial charge in [0.15, 0.2) is 0 Å². The largest absolute Gasteiger partial charge is 0.508 e. The summed E-state index contributed by atoms with van der Waals surface area (Å²) in [5.41, 5.74) is 4.70. The number of hydrogen-bond donors (Lipinski definition) is 2. The van der Waals surface area contributed by atoms with E-state index in [-0.39, 0.29) is 17.8 Å². The van der Waals surface area contributed by atoms with Gasteiger partial charge >= 0.3 is 0 Å². The number of rotatable bonds is 3. The molecule has 3 aromatic rings. The average molecular weight is 344 g/mol. The molecule has 4 nitrogen and oxygen atoms in total. The van der Waals surface area contributed by atoms with Crippen LogP contribution in [0.25, 0.3) is 0 Å². The molecule has 0 unspecified atom stereocenters. The van der Waals surface area contributed by atoms with E-state index in [0.717, 1.165) is 16.8 Å². The first-order valence-electron chi connectivity index (χ1n) is 8.63. The van der Waals surface area contributed by atoms with Crippen LogP contribution in [-0.2, 0) is 6.54 Å². The van der Waals surface area contributed by atoms with Crippen LogP contribution in [0.5, 0.6) is 5.75 Å². The highest BCUT2D eigenvalue weighted by Crippen LogP contribution is 2.34. The maximum absolute atomic E-state index is 13.2. The Morgan fingerprint density at radius 2 is 1.65 bits per heavy atom. The normalized spacial score (nSPS) is 16.1. The molecule has 1 aliphatic heterocycles. The van der Waals surface area contributed by atoms with Crippen LogP contribution in [0.3, 0.4) is 0 Å². The molecule has 3 aromatic carbocycles. The van der Waals surface area contributed by atoms with Crippen molar-refractivity contribution in [3.05, 3.63) is 95.1 Å². The number of fused-ring (bicyclic) bond motifs is 1. The number of para-hydroxylation sites is 1. The molecule has 0 bridgehead atoms. The minimum atomic E-state index is -0.292. The number of anilines is 1. The first-order chi connectivity index (χ1) is 12.6. The number of nitrogens with one attached hydrogen (secondary N) is 1. The maximum atomic E-state index is 13.2. The molecule has 4 heteroatoms. The molecular weight excluding hydrogens is 324 g/mol. The topological polar surface area (TPSA) is 52.6 Å². The summed E-state index contributed by atoms with van der Waals surface area (Å²) in [6.45, 7) is 2.55. The Balaban J connectivity index is 1.74. The lowest BCUT2D eigenvalue weighted by atomic mass is 10.0. The third kappa shape index (κ3) is 3.02. The number of phenols is 1. The minimum absolute atomic E-state index is 0.00185. The second-order valence-corrected chi connectivity index (χ2v) is 6.60. The van der Waals surface area contributed by atoms with Gasteiger partial charge in [0.05, 0.1) is 5.56 Å². The van der Waals surface area contributed by atoms with Crippen molar-refractivity contribution in [3.63, 3.8) is 0 Å². The molecule has 0 radical (unpaired) electrons. The summed E-state index contributed by atoms with van der Waals surface area (Å²) in [7, 11) is 0. The van der Waals surface area contributed by atoms with Crippen LogP contribution in [0.4, 0.5) is 5.69 Å². The van der Waals surface area contributed by atoms with Crippen LogP contribution in [0.1, 0.15) is 33.2 Å². The summed E-state index contributed by atoms with van der Waals surface area (Å²) in [5.74, 6) is 0.208. The highest BCUT2D eigenvalue weighted by atomic mass is 16.3. The van der Waals surface area contributed by atoms with Gasteiger partial charge < -0.3 is 15.3 Å². The lowest BCUT2D eigenvalue weighted by molar-refractivity contribution is 0.0666. The number of nitrogens with zero attached hydrogens (tertiary/aromatic N) is 1. The summed E-state index contributed by atoms with van der Waals surface area (Å²) in [6, 6.07) is 22.8. The Labute approximate surface area is 152 Å². The maximum Gasteiger partial charge on any atom is 0.258 e. The van der Waals surface area contributed by atoms with E-state index in [1.807, 2.05) is 48.2 Å². The minimum Gasteiger partial charge on any atom is -0.508 e. The van der Waals surface area contributed by atoms with Gasteiger partial charge in [-0.25, -0.2) is 0 Å². The summed E-state index contributed by atoms with van der Waals surface area (Å²) in [5, 5.41) is 13.1. The van der Waals surface area contributed by atoms with E-state index in [0.29, 0.717) is 12.1 Å². The van der Waals surface area contributed by atoms with Gasteiger partial charge in [0.25, 0.3) is 5.91 Å². The molecule has 4 rings (SSSR count). The smallest absolute Gasteiger partial charge is 0.258 e. The van der Waals surface area contributed by atoms with Crippen molar-refractivity contribution < 1.29 is 9.90 Å². The van der Waals surface area contributed by atoms with Crippen molar-refractivity contribution in [2.45, 2.75) is 19.6 Å². The van der Waals surface area contributed by atoms with Crippen molar-refractivity contribution >= 4 is 11.6 Å². The Morgan fingerprint density at radius 3 is 2.38 bits per heavy atom. The number of benzene rings is 3. The fraction of sp³-hybridized carbons (Fsp3) is 0.136. The predicted molar refractivity (Wildman–Crippen MR) is 102 cm³/mol. The van der Waals surface area contributed by atoms with Crippen LogP contribution in [0, 0.1) is 6.92 Å². The van der Waals surface area contributed by atoms with Crippen molar-refractivity contribution in [1.29, 1.82) is 0 Å². The first kappa shape index (κ1) is 16.2. The molecule has 130 valence electrons. The SMILES string of the molecule is Cc1ccc(CN2C(=O)c3ccccc3N[C@@H]2c2ccc(O)cc2)cc1. The van der Waals surface area contributed by atoms with Crippen LogP contribution in [0.15, 0.2) is 72.8 Å². The number of hydrogen-bond acceptors (Lipinski definition) is 3.